The zero-order valence-corrected chi connectivity index (χ0v) is 15.9. The Morgan fingerprint density at radius 1 is 1.14 bits per heavy atom. The molecular formula is C21H24N6O. The van der Waals surface area contributed by atoms with Crippen molar-refractivity contribution in [2.45, 2.75) is 13.1 Å². The van der Waals surface area contributed by atoms with E-state index >= 15 is 0 Å². The Bertz CT molecular complexity index is 906. The molecule has 2 aliphatic rings. The predicted molar refractivity (Wildman–Crippen MR) is 110 cm³/mol. The highest BCUT2D eigenvalue weighted by atomic mass is 16.1. The third-order valence-corrected chi connectivity index (χ3v) is 5.00. The number of benzene rings is 1. The molecule has 0 amide bonds. The summed E-state index contributed by atoms with van der Waals surface area (Å²) >= 11 is 0. The van der Waals surface area contributed by atoms with Gasteiger partial charge in [0.25, 0.3) is 0 Å². The molecular weight excluding hydrogens is 352 g/mol. The summed E-state index contributed by atoms with van der Waals surface area (Å²) in [6, 6.07) is 10.2. The normalized spacial score (nSPS) is 18.8. The molecule has 0 saturated carbocycles. The molecule has 0 N–H and O–H groups in total. The van der Waals surface area contributed by atoms with E-state index in [2.05, 4.69) is 45.3 Å². The molecule has 1 unspecified atom stereocenters. The van der Waals surface area contributed by atoms with Gasteiger partial charge in [0.2, 0.25) is 11.9 Å². The van der Waals surface area contributed by atoms with Crippen molar-refractivity contribution < 1.29 is 4.79 Å². The SMILES string of the molecule is C=CCN(CC=C)c1nc2n(n1)CC1CN(Cc3ccccc3)CC(=O)C1=N2. The Hall–Kier alpha value is -3.06. The Kier molecular flexibility index (Phi) is 5.16. The quantitative estimate of drug-likeness (QED) is 0.694. The van der Waals surface area contributed by atoms with Gasteiger partial charge in [0.05, 0.1) is 18.8 Å². The molecule has 0 aliphatic carbocycles. The number of aromatic nitrogens is 3. The Morgan fingerprint density at radius 3 is 2.61 bits per heavy atom. The molecule has 2 aromatic rings. The second-order valence-electron chi connectivity index (χ2n) is 7.15. The molecule has 28 heavy (non-hydrogen) atoms. The number of likely N-dealkylation sites (tertiary alicyclic amines) is 1. The largest absolute Gasteiger partial charge is 0.332 e. The fraction of sp³-hybridized carbons (Fsp3) is 0.333. The van der Waals surface area contributed by atoms with Gasteiger partial charge in [-0.2, -0.15) is 4.98 Å². The number of anilines is 1. The number of piperidine rings is 1. The fourth-order valence-corrected chi connectivity index (χ4v) is 3.76. The van der Waals surface area contributed by atoms with E-state index in [1.807, 2.05) is 27.8 Å². The number of carbonyl (C=O) groups is 1. The van der Waals surface area contributed by atoms with Crippen molar-refractivity contribution >= 4 is 23.4 Å². The number of ketones is 1. The number of hydrogen-bond donors (Lipinski definition) is 0. The van der Waals surface area contributed by atoms with E-state index in [4.69, 9.17) is 0 Å². The van der Waals surface area contributed by atoms with Crippen LogP contribution in [0.3, 0.4) is 0 Å². The van der Waals surface area contributed by atoms with Crippen LogP contribution in [0, 0.1) is 5.92 Å². The number of rotatable bonds is 7. The van der Waals surface area contributed by atoms with E-state index in [0.29, 0.717) is 43.8 Å². The third kappa shape index (κ3) is 3.66. The van der Waals surface area contributed by atoms with E-state index in [1.54, 1.807) is 12.2 Å². The van der Waals surface area contributed by atoms with Crippen LogP contribution in [0.1, 0.15) is 5.56 Å². The fourth-order valence-electron chi connectivity index (χ4n) is 3.76. The molecule has 4 rings (SSSR count). The van der Waals surface area contributed by atoms with Crippen LogP contribution in [0.4, 0.5) is 11.9 Å². The monoisotopic (exact) mass is 376 g/mol. The molecule has 1 aromatic carbocycles. The number of nitrogens with zero attached hydrogens (tertiary/aromatic N) is 6. The van der Waals surface area contributed by atoms with Crippen molar-refractivity contribution in [1.82, 2.24) is 19.7 Å². The lowest BCUT2D eigenvalue weighted by atomic mass is 9.93. The Balaban J connectivity index is 1.53. The van der Waals surface area contributed by atoms with Gasteiger partial charge in [-0.3, -0.25) is 9.69 Å². The second-order valence-corrected chi connectivity index (χ2v) is 7.15. The van der Waals surface area contributed by atoms with E-state index in [-0.39, 0.29) is 11.7 Å². The first kappa shape index (κ1) is 18.3. The summed E-state index contributed by atoms with van der Waals surface area (Å²) in [6.07, 6.45) is 3.61. The summed E-state index contributed by atoms with van der Waals surface area (Å²) in [7, 11) is 0. The molecule has 3 heterocycles. The maximum absolute atomic E-state index is 12.7. The highest BCUT2D eigenvalue weighted by Crippen LogP contribution is 2.27. The van der Waals surface area contributed by atoms with Crippen LogP contribution in [0.5, 0.6) is 0 Å². The summed E-state index contributed by atoms with van der Waals surface area (Å²) in [5, 5.41) is 4.61. The molecule has 1 fully saturated rings. The van der Waals surface area contributed by atoms with Crippen molar-refractivity contribution in [2.75, 3.05) is 31.1 Å². The number of Topliss-reactive ketones (excluding diaryl/α,β-unsaturated/α-hetero) is 1. The first-order valence-electron chi connectivity index (χ1n) is 9.47. The third-order valence-electron chi connectivity index (χ3n) is 5.00. The molecule has 7 heteroatoms. The van der Waals surface area contributed by atoms with Crippen LogP contribution in [0.2, 0.25) is 0 Å². The topological polar surface area (TPSA) is 66.6 Å². The lowest BCUT2D eigenvalue weighted by Gasteiger charge is -2.34. The summed E-state index contributed by atoms with van der Waals surface area (Å²) in [5.41, 5.74) is 1.84. The van der Waals surface area contributed by atoms with Gasteiger partial charge in [0.15, 0.2) is 5.78 Å². The van der Waals surface area contributed by atoms with Crippen LogP contribution in [-0.4, -0.2) is 57.3 Å². The van der Waals surface area contributed by atoms with Gasteiger partial charge < -0.3 is 4.90 Å². The van der Waals surface area contributed by atoms with Gasteiger partial charge in [0.1, 0.15) is 0 Å². The lowest BCUT2D eigenvalue weighted by Crippen LogP contribution is -2.49. The van der Waals surface area contributed by atoms with E-state index in [9.17, 15) is 4.79 Å². The summed E-state index contributed by atoms with van der Waals surface area (Å²) in [4.78, 5) is 26.0. The molecule has 144 valence electrons. The Labute approximate surface area is 164 Å². The molecule has 0 radical (unpaired) electrons. The molecule has 7 nitrogen and oxygen atoms in total. The lowest BCUT2D eigenvalue weighted by molar-refractivity contribution is -0.115. The zero-order valence-electron chi connectivity index (χ0n) is 15.9. The minimum Gasteiger partial charge on any atom is -0.332 e. The Morgan fingerprint density at radius 2 is 1.89 bits per heavy atom. The molecule has 1 atom stereocenters. The number of fused-ring (bicyclic) bond motifs is 2. The van der Waals surface area contributed by atoms with Gasteiger partial charge >= 0.3 is 0 Å². The molecule has 1 saturated heterocycles. The zero-order chi connectivity index (χ0) is 19.5. The van der Waals surface area contributed by atoms with Crippen molar-refractivity contribution in [2.24, 2.45) is 10.9 Å². The van der Waals surface area contributed by atoms with Gasteiger partial charge in [-0.25, -0.2) is 9.67 Å². The summed E-state index contributed by atoms with van der Waals surface area (Å²) in [6.45, 7) is 11.4. The van der Waals surface area contributed by atoms with Crippen molar-refractivity contribution in [1.29, 1.82) is 0 Å². The van der Waals surface area contributed by atoms with Crippen molar-refractivity contribution in [3.8, 4) is 0 Å². The van der Waals surface area contributed by atoms with Crippen LogP contribution < -0.4 is 4.90 Å². The summed E-state index contributed by atoms with van der Waals surface area (Å²) in [5.74, 6) is 1.21. The average molecular weight is 376 g/mol. The van der Waals surface area contributed by atoms with Crippen LogP contribution in [0.25, 0.3) is 0 Å². The smallest absolute Gasteiger partial charge is 0.250 e. The summed E-state index contributed by atoms with van der Waals surface area (Å²) < 4.78 is 1.81. The minimum atomic E-state index is 0.0410. The average Bonchev–Trinajstić information content (AvgIpc) is 3.10. The van der Waals surface area contributed by atoms with Crippen molar-refractivity contribution in [3.63, 3.8) is 0 Å². The highest BCUT2D eigenvalue weighted by molar-refractivity contribution is 6.42. The first-order valence-corrected chi connectivity index (χ1v) is 9.47. The first-order chi connectivity index (χ1) is 13.7. The molecule has 2 aliphatic heterocycles. The predicted octanol–water partition coefficient (Wildman–Crippen LogP) is 2.24. The van der Waals surface area contributed by atoms with Gasteiger partial charge in [-0.15, -0.1) is 18.3 Å². The van der Waals surface area contributed by atoms with Gasteiger partial charge in [0, 0.05) is 32.1 Å². The second kappa shape index (κ2) is 7.90. The van der Waals surface area contributed by atoms with E-state index < -0.39 is 0 Å². The molecule has 1 aromatic heterocycles. The van der Waals surface area contributed by atoms with Gasteiger partial charge in [-0.05, 0) is 5.56 Å². The van der Waals surface area contributed by atoms with Crippen molar-refractivity contribution in [3.05, 3.63) is 61.2 Å². The maximum atomic E-state index is 12.7. The van der Waals surface area contributed by atoms with E-state index in [0.717, 1.165) is 13.1 Å². The maximum Gasteiger partial charge on any atom is 0.250 e. The number of aliphatic imine (C=N–C) groups is 1. The van der Waals surface area contributed by atoms with E-state index in [1.165, 1.54) is 5.56 Å². The van der Waals surface area contributed by atoms with Crippen LogP contribution >= 0.6 is 0 Å². The van der Waals surface area contributed by atoms with Crippen LogP contribution in [0.15, 0.2) is 60.6 Å². The number of hydrogen-bond acceptors (Lipinski definition) is 6. The molecule has 0 bridgehead atoms. The standard InChI is InChI=1S/C21H24N6O/c1-3-10-26(11-4-2)21-23-20-22-19-17(14-27(20)24-21)13-25(15-18(19)28)12-16-8-6-5-7-9-16/h3-9,17H,1-2,10-15H2. The van der Waals surface area contributed by atoms with Gasteiger partial charge in [-0.1, -0.05) is 42.5 Å². The van der Waals surface area contributed by atoms with Crippen LogP contribution in [-0.2, 0) is 17.9 Å². The number of carbonyl (C=O) groups excluding carboxylic acids is 1. The minimum absolute atomic E-state index is 0.0410. The molecule has 0 spiro atoms. The highest BCUT2D eigenvalue weighted by Gasteiger charge is 2.36.